The topological polar surface area (TPSA) is 70.5 Å². The number of carbonyl (C=O) groups is 2. The molecule has 2 heterocycles. The second-order valence-corrected chi connectivity index (χ2v) is 6.34. The van der Waals surface area contributed by atoms with Gasteiger partial charge >= 0.3 is 5.97 Å². The Morgan fingerprint density at radius 3 is 2.44 bits per heavy atom. The lowest BCUT2D eigenvalue weighted by atomic mass is 9.96. The van der Waals surface area contributed by atoms with Gasteiger partial charge in [-0.3, -0.25) is 9.78 Å². The van der Waals surface area contributed by atoms with Crippen LogP contribution in [0, 0.1) is 13.8 Å². The monoisotopic (exact) mass is 336 g/mol. The SMILES string of the molecule is Cc1cc(C)cc(C2=CCN(C(=O)c3cc(C(=O)O)ccn3)CC2)c1. The molecule has 0 aliphatic carbocycles. The van der Waals surface area contributed by atoms with Gasteiger partial charge in [0.05, 0.1) is 5.56 Å². The van der Waals surface area contributed by atoms with E-state index in [-0.39, 0.29) is 17.2 Å². The van der Waals surface area contributed by atoms with E-state index in [1.54, 1.807) is 4.90 Å². The number of nitrogens with zero attached hydrogens (tertiary/aromatic N) is 2. The number of aryl methyl sites for hydroxylation is 2. The molecule has 0 spiro atoms. The number of aromatic nitrogens is 1. The highest BCUT2D eigenvalue weighted by Gasteiger charge is 2.21. The largest absolute Gasteiger partial charge is 0.478 e. The second-order valence-electron chi connectivity index (χ2n) is 6.34. The minimum Gasteiger partial charge on any atom is -0.478 e. The van der Waals surface area contributed by atoms with E-state index in [0.717, 1.165) is 6.42 Å². The van der Waals surface area contributed by atoms with Crippen LogP contribution in [0.1, 0.15) is 44.0 Å². The first-order valence-corrected chi connectivity index (χ1v) is 8.20. The summed E-state index contributed by atoms with van der Waals surface area (Å²) in [5.74, 6) is -1.30. The van der Waals surface area contributed by atoms with Crippen molar-refractivity contribution in [3.8, 4) is 0 Å². The number of rotatable bonds is 3. The van der Waals surface area contributed by atoms with Crippen LogP contribution >= 0.6 is 0 Å². The molecular formula is C20H20N2O3. The van der Waals surface area contributed by atoms with Crippen LogP contribution in [0.25, 0.3) is 5.57 Å². The van der Waals surface area contributed by atoms with Crippen molar-refractivity contribution in [2.45, 2.75) is 20.3 Å². The number of carboxylic acids is 1. The predicted molar refractivity (Wildman–Crippen MR) is 95.6 cm³/mol. The fourth-order valence-corrected chi connectivity index (χ4v) is 3.12. The van der Waals surface area contributed by atoms with Crippen molar-refractivity contribution in [2.75, 3.05) is 13.1 Å². The summed E-state index contributed by atoms with van der Waals surface area (Å²) in [6.07, 6.45) is 4.20. The summed E-state index contributed by atoms with van der Waals surface area (Å²) < 4.78 is 0. The number of aromatic carboxylic acids is 1. The molecule has 1 amide bonds. The van der Waals surface area contributed by atoms with Crippen molar-refractivity contribution >= 4 is 17.4 Å². The van der Waals surface area contributed by atoms with Crippen LogP contribution in [0.15, 0.2) is 42.6 Å². The zero-order chi connectivity index (χ0) is 18.0. The van der Waals surface area contributed by atoms with Crippen molar-refractivity contribution in [1.29, 1.82) is 0 Å². The summed E-state index contributed by atoms with van der Waals surface area (Å²) in [7, 11) is 0. The van der Waals surface area contributed by atoms with Crippen LogP contribution in [0.5, 0.6) is 0 Å². The van der Waals surface area contributed by atoms with Gasteiger partial charge in [0, 0.05) is 19.3 Å². The molecule has 0 fully saturated rings. The van der Waals surface area contributed by atoms with Gasteiger partial charge in [0.1, 0.15) is 5.69 Å². The van der Waals surface area contributed by atoms with Gasteiger partial charge in [0.2, 0.25) is 0 Å². The van der Waals surface area contributed by atoms with Crippen molar-refractivity contribution in [1.82, 2.24) is 9.88 Å². The minimum atomic E-state index is -1.06. The van der Waals surface area contributed by atoms with E-state index < -0.39 is 5.97 Å². The second kappa shape index (κ2) is 6.89. The molecule has 1 N–H and O–H groups in total. The van der Waals surface area contributed by atoms with E-state index in [1.165, 1.54) is 40.6 Å². The first-order valence-electron chi connectivity index (χ1n) is 8.20. The van der Waals surface area contributed by atoms with Gasteiger partial charge in [-0.2, -0.15) is 0 Å². The first kappa shape index (κ1) is 16.9. The van der Waals surface area contributed by atoms with E-state index in [4.69, 9.17) is 5.11 Å². The van der Waals surface area contributed by atoms with Crippen LogP contribution in [0.2, 0.25) is 0 Å². The average molecular weight is 336 g/mol. The molecule has 128 valence electrons. The highest BCUT2D eigenvalue weighted by atomic mass is 16.4. The van der Waals surface area contributed by atoms with Crippen molar-refractivity contribution in [3.05, 3.63) is 70.6 Å². The summed E-state index contributed by atoms with van der Waals surface area (Å²) in [6, 6.07) is 9.17. The third-order valence-electron chi connectivity index (χ3n) is 4.31. The molecule has 0 saturated heterocycles. The Morgan fingerprint density at radius 1 is 1.12 bits per heavy atom. The van der Waals surface area contributed by atoms with E-state index in [9.17, 15) is 9.59 Å². The van der Waals surface area contributed by atoms with Crippen LogP contribution < -0.4 is 0 Å². The van der Waals surface area contributed by atoms with Gasteiger partial charge in [-0.05, 0) is 43.5 Å². The molecule has 1 aliphatic rings. The van der Waals surface area contributed by atoms with Crippen molar-refractivity contribution < 1.29 is 14.7 Å². The lowest BCUT2D eigenvalue weighted by Crippen LogP contribution is -2.35. The minimum absolute atomic E-state index is 0.0711. The molecule has 5 nitrogen and oxygen atoms in total. The maximum absolute atomic E-state index is 12.6. The number of amides is 1. The molecule has 0 bridgehead atoms. The fraction of sp³-hybridized carbons (Fsp3) is 0.250. The molecule has 0 unspecified atom stereocenters. The van der Waals surface area contributed by atoms with E-state index >= 15 is 0 Å². The number of carboxylic acid groups (broad SMARTS) is 1. The van der Waals surface area contributed by atoms with E-state index in [1.807, 2.05) is 0 Å². The maximum atomic E-state index is 12.6. The van der Waals surface area contributed by atoms with Gasteiger partial charge in [-0.25, -0.2) is 4.79 Å². The summed E-state index contributed by atoms with van der Waals surface area (Å²) >= 11 is 0. The van der Waals surface area contributed by atoms with Gasteiger partial charge in [0.15, 0.2) is 0 Å². The normalized spacial score (nSPS) is 14.2. The van der Waals surface area contributed by atoms with Crippen LogP contribution in [-0.2, 0) is 0 Å². The lowest BCUT2D eigenvalue weighted by Gasteiger charge is -2.26. The zero-order valence-electron chi connectivity index (χ0n) is 14.3. The lowest BCUT2D eigenvalue weighted by molar-refractivity contribution is 0.0696. The zero-order valence-corrected chi connectivity index (χ0v) is 14.3. The van der Waals surface area contributed by atoms with Gasteiger partial charge < -0.3 is 10.0 Å². The Kier molecular flexibility index (Phi) is 4.65. The van der Waals surface area contributed by atoms with E-state index in [0.29, 0.717) is 13.1 Å². The third kappa shape index (κ3) is 3.76. The standard InChI is InChI=1S/C20H20N2O3/c1-13-9-14(2)11-17(10-13)15-4-7-22(8-5-15)19(23)18-12-16(20(24)25)3-6-21-18/h3-4,6,9-12H,5,7-8H2,1-2H3,(H,24,25). The van der Waals surface area contributed by atoms with Gasteiger partial charge in [-0.15, -0.1) is 0 Å². The molecular weight excluding hydrogens is 316 g/mol. The third-order valence-corrected chi connectivity index (χ3v) is 4.31. The van der Waals surface area contributed by atoms with Crippen LogP contribution in [0.4, 0.5) is 0 Å². The summed E-state index contributed by atoms with van der Waals surface area (Å²) in [6.45, 7) is 5.25. The summed E-state index contributed by atoms with van der Waals surface area (Å²) in [5.41, 5.74) is 5.14. The molecule has 5 heteroatoms. The van der Waals surface area contributed by atoms with Crippen LogP contribution in [-0.4, -0.2) is 40.0 Å². The van der Waals surface area contributed by atoms with Crippen molar-refractivity contribution in [3.63, 3.8) is 0 Å². The predicted octanol–water partition coefficient (Wildman–Crippen LogP) is 3.33. The number of hydrogen-bond donors (Lipinski definition) is 1. The quantitative estimate of drug-likeness (QED) is 0.933. The highest BCUT2D eigenvalue weighted by Crippen LogP contribution is 2.25. The number of pyridine rings is 1. The van der Waals surface area contributed by atoms with Crippen LogP contribution in [0.3, 0.4) is 0 Å². The molecule has 2 aromatic rings. The van der Waals surface area contributed by atoms with Gasteiger partial charge in [0.25, 0.3) is 5.91 Å². The molecule has 0 atom stereocenters. The summed E-state index contributed by atoms with van der Waals surface area (Å²) in [4.78, 5) is 29.3. The Morgan fingerprint density at radius 2 is 1.84 bits per heavy atom. The highest BCUT2D eigenvalue weighted by molar-refractivity contribution is 5.96. The van der Waals surface area contributed by atoms with E-state index in [2.05, 4.69) is 43.1 Å². The molecule has 3 rings (SSSR count). The Hall–Kier alpha value is -2.95. The molecule has 25 heavy (non-hydrogen) atoms. The Bertz CT molecular complexity index is 851. The van der Waals surface area contributed by atoms with Gasteiger partial charge in [-0.1, -0.05) is 35.4 Å². The van der Waals surface area contributed by atoms with Crippen molar-refractivity contribution in [2.24, 2.45) is 0 Å². The average Bonchev–Trinajstić information content (AvgIpc) is 2.60. The fourth-order valence-electron chi connectivity index (χ4n) is 3.12. The Labute approximate surface area is 146 Å². The number of benzene rings is 1. The summed E-state index contributed by atoms with van der Waals surface area (Å²) in [5, 5.41) is 9.04. The molecule has 0 radical (unpaired) electrons. The maximum Gasteiger partial charge on any atom is 0.335 e. The number of carbonyl (C=O) groups excluding carboxylic acids is 1. The molecule has 0 saturated carbocycles. The Balaban J connectivity index is 1.77. The molecule has 1 aliphatic heterocycles. The molecule has 1 aromatic heterocycles. The first-order chi connectivity index (χ1) is 11.9. The number of hydrogen-bond acceptors (Lipinski definition) is 3. The smallest absolute Gasteiger partial charge is 0.335 e. The molecule has 1 aromatic carbocycles.